The molecule has 6 heteroatoms. The van der Waals surface area contributed by atoms with Crippen molar-refractivity contribution in [2.24, 2.45) is 0 Å². The predicted molar refractivity (Wildman–Crippen MR) is 141 cm³/mol. The molecule has 2 amide bonds. The Morgan fingerprint density at radius 1 is 0.667 bits per heavy atom. The minimum Gasteiger partial charge on any atom is -0.497 e. The fourth-order valence-corrected chi connectivity index (χ4v) is 4.95. The van der Waals surface area contributed by atoms with Crippen LogP contribution in [0, 0.1) is 0 Å². The summed E-state index contributed by atoms with van der Waals surface area (Å²) in [7, 11) is 3.36. The maximum atomic E-state index is 12.6. The highest BCUT2D eigenvalue weighted by molar-refractivity contribution is 6.21. The standard InChI is InChI=1S/C30H30N2O4/c1-35-23-13-11-21(12-14-23)28-20-22-19-24(36-2)15-16-27(22)31(28)17-7-3-4-8-18-32-29(33)25-9-5-6-10-26(25)30(32)34/h5-6,9-16,19-20H,3-4,7-8,17-18H2,1-2H3. The van der Waals surface area contributed by atoms with Crippen molar-refractivity contribution < 1.29 is 19.1 Å². The van der Waals surface area contributed by atoms with Crippen molar-refractivity contribution in [1.29, 1.82) is 0 Å². The highest BCUT2D eigenvalue weighted by atomic mass is 16.5. The van der Waals surface area contributed by atoms with Gasteiger partial charge in [-0.25, -0.2) is 0 Å². The van der Waals surface area contributed by atoms with Crippen LogP contribution in [-0.4, -0.2) is 42.0 Å². The highest BCUT2D eigenvalue weighted by Gasteiger charge is 2.34. The molecule has 0 radical (unpaired) electrons. The van der Waals surface area contributed by atoms with E-state index in [1.165, 1.54) is 10.4 Å². The minimum absolute atomic E-state index is 0.172. The van der Waals surface area contributed by atoms with Crippen molar-refractivity contribution in [1.82, 2.24) is 9.47 Å². The monoisotopic (exact) mass is 482 g/mol. The van der Waals surface area contributed by atoms with Gasteiger partial charge in [0, 0.05) is 29.7 Å². The molecule has 0 fully saturated rings. The third kappa shape index (κ3) is 4.47. The number of methoxy groups -OCH3 is 2. The number of carbonyl (C=O) groups is 2. The summed E-state index contributed by atoms with van der Waals surface area (Å²) in [5.41, 5.74) is 4.51. The third-order valence-electron chi connectivity index (χ3n) is 6.89. The van der Waals surface area contributed by atoms with Gasteiger partial charge in [0.2, 0.25) is 0 Å². The van der Waals surface area contributed by atoms with E-state index >= 15 is 0 Å². The number of hydrogen-bond donors (Lipinski definition) is 0. The van der Waals surface area contributed by atoms with E-state index in [9.17, 15) is 9.59 Å². The van der Waals surface area contributed by atoms with Gasteiger partial charge in [-0.05, 0) is 79.1 Å². The zero-order chi connectivity index (χ0) is 25.1. The molecule has 5 rings (SSSR count). The van der Waals surface area contributed by atoms with E-state index in [2.05, 4.69) is 34.9 Å². The van der Waals surface area contributed by atoms with Gasteiger partial charge in [0.1, 0.15) is 11.5 Å². The number of amides is 2. The Morgan fingerprint density at radius 2 is 1.28 bits per heavy atom. The Hall–Kier alpha value is -4.06. The van der Waals surface area contributed by atoms with Gasteiger partial charge in [-0.3, -0.25) is 14.5 Å². The van der Waals surface area contributed by atoms with E-state index in [1.807, 2.05) is 18.2 Å². The molecular weight excluding hydrogens is 452 g/mol. The number of aryl methyl sites for hydroxylation is 1. The maximum absolute atomic E-state index is 12.6. The number of ether oxygens (including phenoxy) is 2. The summed E-state index contributed by atoms with van der Waals surface area (Å²) in [5.74, 6) is 1.33. The molecule has 0 spiro atoms. The molecule has 0 saturated heterocycles. The van der Waals surface area contributed by atoms with E-state index in [0.29, 0.717) is 17.7 Å². The molecule has 0 bridgehead atoms. The van der Waals surface area contributed by atoms with Gasteiger partial charge in [-0.1, -0.05) is 25.0 Å². The van der Waals surface area contributed by atoms with Crippen molar-refractivity contribution >= 4 is 22.7 Å². The molecule has 184 valence electrons. The van der Waals surface area contributed by atoms with Gasteiger partial charge in [0.15, 0.2) is 0 Å². The first kappa shape index (κ1) is 23.7. The number of imide groups is 1. The van der Waals surface area contributed by atoms with E-state index in [0.717, 1.165) is 60.4 Å². The molecule has 2 heterocycles. The van der Waals surface area contributed by atoms with Crippen LogP contribution >= 0.6 is 0 Å². The second-order valence-electron chi connectivity index (χ2n) is 9.06. The molecule has 6 nitrogen and oxygen atoms in total. The molecule has 4 aromatic rings. The average molecular weight is 483 g/mol. The predicted octanol–water partition coefficient (Wildman–Crippen LogP) is 6.18. The van der Waals surface area contributed by atoms with Gasteiger partial charge in [0.25, 0.3) is 11.8 Å². The van der Waals surface area contributed by atoms with Crippen LogP contribution in [0.15, 0.2) is 72.8 Å². The summed E-state index contributed by atoms with van der Waals surface area (Å²) in [6, 6.07) is 23.6. The fourth-order valence-electron chi connectivity index (χ4n) is 4.95. The SMILES string of the molecule is COc1ccc(-c2cc3cc(OC)ccc3n2CCCCCCN2C(=O)c3ccccc3C2=O)cc1. The second-order valence-corrected chi connectivity index (χ2v) is 9.06. The molecular formula is C30H30N2O4. The summed E-state index contributed by atoms with van der Waals surface area (Å²) in [4.78, 5) is 26.5. The lowest BCUT2D eigenvalue weighted by atomic mass is 10.1. The van der Waals surface area contributed by atoms with Crippen molar-refractivity contribution in [3.8, 4) is 22.8 Å². The molecule has 3 aromatic carbocycles. The Bertz CT molecular complexity index is 1370. The van der Waals surface area contributed by atoms with Crippen molar-refractivity contribution in [2.45, 2.75) is 32.2 Å². The first-order valence-corrected chi connectivity index (χ1v) is 12.4. The summed E-state index contributed by atoms with van der Waals surface area (Å²) >= 11 is 0. The van der Waals surface area contributed by atoms with Crippen LogP contribution in [0.2, 0.25) is 0 Å². The summed E-state index contributed by atoms with van der Waals surface area (Å²) < 4.78 is 13.1. The van der Waals surface area contributed by atoms with Gasteiger partial charge in [-0.2, -0.15) is 0 Å². The third-order valence-corrected chi connectivity index (χ3v) is 6.89. The van der Waals surface area contributed by atoms with E-state index in [4.69, 9.17) is 9.47 Å². The molecule has 36 heavy (non-hydrogen) atoms. The zero-order valence-corrected chi connectivity index (χ0v) is 20.7. The number of hydrogen-bond acceptors (Lipinski definition) is 4. The highest BCUT2D eigenvalue weighted by Crippen LogP contribution is 2.32. The number of nitrogens with zero attached hydrogens (tertiary/aromatic N) is 2. The zero-order valence-electron chi connectivity index (χ0n) is 20.7. The second kappa shape index (κ2) is 10.3. The average Bonchev–Trinajstić information content (AvgIpc) is 3.40. The van der Waals surface area contributed by atoms with E-state index < -0.39 is 0 Å². The molecule has 0 N–H and O–H groups in total. The normalized spacial score (nSPS) is 12.9. The number of benzene rings is 3. The fraction of sp³-hybridized carbons (Fsp3) is 0.267. The lowest BCUT2D eigenvalue weighted by Gasteiger charge is -2.14. The van der Waals surface area contributed by atoms with Crippen LogP contribution in [-0.2, 0) is 6.54 Å². The number of unbranched alkanes of at least 4 members (excludes halogenated alkanes) is 3. The summed E-state index contributed by atoms with van der Waals surface area (Å²) in [6.07, 6.45) is 3.78. The smallest absolute Gasteiger partial charge is 0.261 e. The maximum Gasteiger partial charge on any atom is 0.261 e. The van der Waals surface area contributed by atoms with E-state index in [-0.39, 0.29) is 11.8 Å². The largest absolute Gasteiger partial charge is 0.497 e. The first-order chi connectivity index (χ1) is 17.6. The van der Waals surface area contributed by atoms with Crippen LogP contribution in [0.1, 0.15) is 46.4 Å². The Labute approximate surface area is 211 Å². The van der Waals surface area contributed by atoms with Crippen molar-refractivity contribution in [3.63, 3.8) is 0 Å². The topological polar surface area (TPSA) is 60.8 Å². The molecule has 0 saturated carbocycles. The molecule has 1 aliphatic heterocycles. The number of rotatable bonds is 10. The van der Waals surface area contributed by atoms with Crippen LogP contribution < -0.4 is 9.47 Å². The lowest BCUT2D eigenvalue weighted by Crippen LogP contribution is -2.30. The van der Waals surface area contributed by atoms with Crippen LogP contribution in [0.25, 0.3) is 22.2 Å². The molecule has 0 atom stereocenters. The molecule has 1 aliphatic rings. The van der Waals surface area contributed by atoms with Gasteiger partial charge < -0.3 is 14.0 Å². The Balaban J connectivity index is 1.23. The van der Waals surface area contributed by atoms with Crippen molar-refractivity contribution in [3.05, 3.63) is 83.9 Å². The van der Waals surface area contributed by atoms with Crippen molar-refractivity contribution in [2.75, 3.05) is 20.8 Å². The first-order valence-electron chi connectivity index (χ1n) is 12.4. The van der Waals surface area contributed by atoms with Crippen LogP contribution in [0.3, 0.4) is 0 Å². The molecule has 0 unspecified atom stereocenters. The quantitative estimate of drug-likeness (QED) is 0.200. The Morgan fingerprint density at radius 3 is 1.92 bits per heavy atom. The van der Waals surface area contributed by atoms with Gasteiger partial charge >= 0.3 is 0 Å². The van der Waals surface area contributed by atoms with Crippen LogP contribution in [0.4, 0.5) is 0 Å². The number of aromatic nitrogens is 1. The van der Waals surface area contributed by atoms with Gasteiger partial charge in [-0.15, -0.1) is 0 Å². The summed E-state index contributed by atoms with van der Waals surface area (Å²) in [5, 5.41) is 1.14. The lowest BCUT2D eigenvalue weighted by molar-refractivity contribution is 0.0651. The molecule has 1 aromatic heterocycles. The van der Waals surface area contributed by atoms with Gasteiger partial charge in [0.05, 0.1) is 25.3 Å². The van der Waals surface area contributed by atoms with Crippen LogP contribution in [0.5, 0.6) is 11.5 Å². The summed E-state index contributed by atoms with van der Waals surface area (Å²) in [6.45, 7) is 1.35. The molecule has 0 aliphatic carbocycles. The number of carbonyl (C=O) groups excluding carboxylic acids is 2. The number of fused-ring (bicyclic) bond motifs is 2. The van der Waals surface area contributed by atoms with E-state index in [1.54, 1.807) is 38.5 Å². The minimum atomic E-state index is -0.172. The Kier molecular flexibility index (Phi) is 6.76.